The Bertz CT molecular complexity index is 344. The van der Waals surface area contributed by atoms with Crippen molar-refractivity contribution in [3.8, 4) is 0 Å². The van der Waals surface area contributed by atoms with Crippen molar-refractivity contribution in [2.45, 2.75) is 37.5 Å². The fourth-order valence-electron chi connectivity index (χ4n) is 2.35. The number of aliphatic hydroxyl groups excluding tert-OH is 2. The van der Waals surface area contributed by atoms with E-state index in [1.165, 1.54) is 9.80 Å². The number of amides is 2. The van der Waals surface area contributed by atoms with Crippen LogP contribution in [-0.2, 0) is 4.79 Å². The van der Waals surface area contributed by atoms with Crippen LogP contribution < -0.4 is 0 Å². The molecule has 0 bridgehead atoms. The highest BCUT2D eigenvalue weighted by Gasteiger charge is 2.43. The number of aliphatic carboxylic acids is 1. The zero-order valence-electron chi connectivity index (χ0n) is 10.0. The lowest BCUT2D eigenvalue weighted by molar-refractivity contribution is -0.141. The highest BCUT2D eigenvalue weighted by molar-refractivity contribution is 5.83. The zero-order valence-corrected chi connectivity index (χ0v) is 10.0. The van der Waals surface area contributed by atoms with Gasteiger partial charge in [0.25, 0.3) is 0 Å². The van der Waals surface area contributed by atoms with Crippen LogP contribution in [0.15, 0.2) is 0 Å². The number of hydrogen-bond acceptors (Lipinski definition) is 4. The molecule has 2 atom stereocenters. The average Bonchev–Trinajstić information content (AvgIpc) is 3.07. The molecule has 2 amide bonds. The Morgan fingerprint density at radius 2 is 2.00 bits per heavy atom. The quantitative estimate of drug-likeness (QED) is 0.605. The molecule has 1 aliphatic heterocycles. The number of urea groups is 1. The van der Waals surface area contributed by atoms with E-state index >= 15 is 0 Å². The Labute approximate surface area is 105 Å². The van der Waals surface area contributed by atoms with Gasteiger partial charge in [0.15, 0.2) is 0 Å². The predicted octanol–water partition coefficient (Wildman–Crippen LogP) is -0.917. The van der Waals surface area contributed by atoms with Crippen molar-refractivity contribution in [1.82, 2.24) is 9.80 Å². The first kappa shape index (κ1) is 13.1. The summed E-state index contributed by atoms with van der Waals surface area (Å²) in [4.78, 5) is 26.0. The predicted molar refractivity (Wildman–Crippen MR) is 61.0 cm³/mol. The Hall–Kier alpha value is -1.34. The molecule has 0 aromatic rings. The molecule has 7 heteroatoms. The summed E-state index contributed by atoms with van der Waals surface area (Å²) in [5, 5.41) is 27.5. The fraction of sp³-hybridized carbons (Fsp3) is 0.818. The highest BCUT2D eigenvalue weighted by atomic mass is 16.4. The molecular formula is C11H18N2O5. The number of carbonyl (C=O) groups excluding carboxylic acids is 1. The van der Waals surface area contributed by atoms with Crippen molar-refractivity contribution >= 4 is 12.0 Å². The van der Waals surface area contributed by atoms with Gasteiger partial charge in [0.2, 0.25) is 0 Å². The minimum Gasteiger partial charge on any atom is -0.480 e. The van der Waals surface area contributed by atoms with Gasteiger partial charge in [0, 0.05) is 25.6 Å². The van der Waals surface area contributed by atoms with Crippen molar-refractivity contribution in [3.05, 3.63) is 0 Å². The molecule has 2 fully saturated rings. The number of likely N-dealkylation sites (tertiary alicyclic amines) is 1. The number of aliphatic hydroxyl groups is 2. The molecule has 0 unspecified atom stereocenters. The number of carboxylic acids is 1. The lowest BCUT2D eigenvalue weighted by Crippen LogP contribution is -2.49. The van der Waals surface area contributed by atoms with Gasteiger partial charge >= 0.3 is 12.0 Å². The minimum absolute atomic E-state index is 0.0461. The van der Waals surface area contributed by atoms with E-state index in [0.29, 0.717) is 0 Å². The van der Waals surface area contributed by atoms with Crippen LogP contribution in [0, 0.1) is 0 Å². The summed E-state index contributed by atoms with van der Waals surface area (Å²) in [6, 6.07) is -1.25. The van der Waals surface area contributed by atoms with Crippen LogP contribution in [0.2, 0.25) is 0 Å². The van der Waals surface area contributed by atoms with E-state index in [1.807, 2.05) is 0 Å². The van der Waals surface area contributed by atoms with Gasteiger partial charge in [-0.2, -0.15) is 0 Å². The van der Waals surface area contributed by atoms with Crippen molar-refractivity contribution in [2.24, 2.45) is 0 Å². The van der Waals surface area contributed by atoms with Gasteiger partial charge in [-0.3, -0.25) is 0 Å². The van der Waals surface area contributed by atoms with Crippen LogP contribution in [0.4, 0.5) is 4.79 Å². The van der Waals surface area contributed by atoms with Crippen molar-refractivity contribution < 1.29 is 24.9 Å². The summed E-state index contributed by atoms with van der Waals surface area (Å²) in [5.41, 5.74) is 0. The molecule has 0 aromatic heterocycles. The third kappa shape index (κ3) is 2.56. The molecule has 18 heavy (non-hydrogen) atoms. The Balaban J connectivity index is 2.08. The number of carbonyl (C=O) groups is 2. The van der Waals surface area contributed by atoms with E-state index in [2.05, 4.69) is 0 Å². The van der Waals surface area contributed by atoms with E-state index in [9.17, 15) is 14.7 Å². The fourth-order valence-corrected chi connectivity index (χ4v) is 2.35. The van der Waals surface area contributed by atoms with Crippen LogP contribution in [0.25, 0.3) is 0 Å². The normalized spacial score (nSPS) is 27.3. The van der Waals surface area contributed by atoms with Gasteiger partial charge in [0.05, 0.1) is 12.7 Å². The third-order valence-corrected chi connectivity index (χ3v) is 3.38. The second-order valence-electron chi connectivity index (χ2n) is 4.83. The van der Waals surface area contributed by atoms with Crippen LogP contribution in [0.1, 0.15) is 19.3 Å². The Morgan fingerprint density at radius 3 is 2.50 bits per heavy atom. The summed E-state index contributed by atoms with van der Waals surface area (Å²) in [5.74, 6) is -1.10. The van der Waals surface area contributed by atoms with Crippen LogP contribution >= 0.6 is 0 Å². The maximum absolute atomic E-state index is 12.2. The second kappa shape index (κ2) is 5.11. The topological polar surface area (TPSA) is 101 Å². The van der Waals surface area contributed by atoms with Crippen LogP contribution in [-0.4, -0.2) is 75.0 Å². The van der Waals surface area contributed by atoms with Gasteiger partial charge in [-0.1, -0.05) is 0 Å². The third-order valence-electron chi connectivity index (χ3n) is 3.38. The van der Waals surface area contributed by atoms with E-state index in [1.54, 1.807) is 0 Å². The first-order valence-electron chi connectivity index (χ1n) is 6.13. The standard InChI is InChI=1S/C11H18N2O5/c14-4-3-12(7-1-2-7)11(18)13-6-8(15)5-9(13)10(16)17/h7-9,14-15H,1-6H2,(H,16,17)/t8-,9-/m1/s1. The van der Waals surface area contributed by atoms with Gasteiger partial charge in [-0.15, -0.1) is 0 Å². The molecule has 0 radical (unpaired) electrons. The molecule has 1 aliphatic carbocycles. The van der Waals surface area contributed by atoms with E-state index in [0.717, 1.165) is 12.8 Å². The van der Waals surface area contributed by atoms with Gasteiger partial charge in [-0.05, 0) is 12.8 Å². The molecule has 2 rings (SSSR count). The zero-order chi connectivity index (χ0) is 13.3. The molecule has 1 saturated heterocycles. The van der Waals surface area contributed by atoms with Gasteiger partial charge in [0.1, 0.15) is 6.04 Å². The molecule has 2 aliphatic rings. The minimum atomic E-state index is -1.10. The summed E-state index contributed by atoms with van der Waals surface area (Å²) in [6.07, 6.45) is 1.06. The summed E-state index contributed by atoms with van der Waals surface area (Å²) >= 11 is 0. The summed E-state index contributed by atoms with van der Waals surface area (Å²) in [7, 11) is 0. The first-order valence-corrected chi connectivity index (χ1v) is 6.13. The SMILES string of the molecule is O=C(O)[C@H]1C[C@@H](O)CN1C(=O)N(CCO)C1CC1. The Kier molecular flexibility index (Phi) is 3.72. The smallest absolute Gasteiger partial charge is 0.326 e. The molecule has 1 saturated carbocycles. The Morgan fingerprint density at radius 1 is 1.33 bits per heavy atom. The number of carboxylic acid groups (broad SMARTS) is 1. The number of hydrogen-bond donors (Lipinski definition) is 3. The van der Waals surface area contributed by atoms with Gasteiger partial charge in [-0.25, -0.2) is 9.59 Å². The van der Waals surface area contributed by atoms with Crippen molar-refractivity contribution in [1.29, 1.82) is 0 Å². The average molecular weight is 258 g/mol. The maximum atomic E-state index is 12.2. The van der Waals surface area contributed by atoms with Crippen molar-refractivity contribution in [2.75, 3.05) is 19.7 Å². The lowest BCUT2D eigenvalue weighted by atomic mass is 10.2. The monoisotopic (exact) mass is 258 g/mol. The maximum Gasteiger partial charge on any atom is 0.326 e. The summed E-state index contributed by atoms with van der Waals surface area (Å²) in [6.45, 7) is 0.114. The van der Waals surface area contributed by atoms with E-state index in [4.69, 9.17) is 10.2 Å². The molecule has 0 spiro atoms. The molecule has 7 nitrogen and oxygen atoms in total. The summed E-state index contributed by atoms with van der Waals surface area (Å²) < 4.78 is 0. The molecule has 3 N–H and O–H groups in total. The molecule has 0 aromatic carbocycles. The lowest BCUT2D eigenvalue weighted by Gasteiger charge is -2.29. The number of β-amino-alcohol motifs (C(OH)–C–C–N with tert-alkyl or cyclic N) is 1. The van der Waals surface area contributed by atoms with E-state index < -0.39 is 24.1 Å². The number of rotatable bonds is 4. The van der Waals surface area contributed by atoms with Crippen LogP contribution in [0.3, 0.4) is 0 Å². The number of nitrogens with zero attached hydrogens (tertiary/aromatic N) is 2. The van der Waals surface area contributed by atoms with Gasteiger partial charge < -0.3 is 25.1 Å². The van der Waals surface area contributed by atoms with Crippen LogP contribution in [0.5, 0.6) is 0 Å². The molecular weight excluding hydrogens is 240 g/mol. The molecule has 1 heterocycles. The first-order chi connectivity index (χ1) is 8.54. The highest BCUT2D eigenvalue weighted by Crippen LogP contribution is 2.29. The van der Waals surface area contributed by atoms with E-state index in [-0.39, 0.29) is 32.2 Å². The largest absolute Gasteiger partial charge is 0.480 e. The van der Waals surface area contributed by atoms with Crippen molar-refractivity contribution in [3.63, 3.8) is 0 Å². The second-order valence-corrected chi connectivity index (χ2v) is 4.83. The molecule has 102 valence electrons.